The Balaban J connectivity index is 2.18. The summed E-state index contributed by atoms with van der Waals surface area (Å²) in [4.78, 5) is 23.4. The highest BCUT2D eigenvalue weighted by Crippen LogP contribution is 2.27. The fourth-order valence-electron chi connectivity index (χ4n) is 2.67. The van der Waals surface area contributed by atoms with Crippen LogP contribution in [-0.4, -0.2) is 51.5 Å². The van der Waals surface area contributed by atoms with Crippen LogP contribution < -0.4 is 0 Å². The van der Waals surface area contributed by atoms with Crippen molar-refractivity contribution < 1.29 is 27.5 Å². The number of hydrogen-bond acceptors (Lipinski definition) is 6. The van der Waals surface area contributed by atoms with Gasteiger partial charge in [0.15, 0.2) is 0 Å². The summed E-state index contributed by atoms with van der Waals surface area (Å²) in [6.07, 6.45) is 0.797. The highest BCUT2D eigenvalue weighted by molar-refractivity contribution is 7.89. The fraction of sp³-hybridized carbons (Fsp3) is 0.500. The third-order valence-corrected chi connectivity index (χ3v) is 6.28. The SMILES string of the molecule is CCOC(=O)C1CCN(S(=O)(=O)c2ccc(Cl)c(C(=O)OC)c2)CC1. The van der Waals surface area contributed by atoms with Gasteiger partial charge in [0.05, 0.1) is 35.1 Å². The Morgan fingerprint density at radius 2 is 1.92 bits per heavy atom. The number of carbonyl (C=O) groups is 2. The molecule has 0 saturated carbocycles. The number of ether oxygens (including phenoxy) is 2. The molecule has 1 aliphatic rings. The molecule has 138 valence electrons. The Morgan fingerprint density at radius 3 is 2.48 bits per heavy atom. The maximum atomic E-state index is 12.8. The molecule has 7 nitrogen and oxygen atoms in total. The van der Waals surface area contributed by atoms with Crippen molar-refractivity contribution in [1.82, 2.24) is 4.31 Å². The molecule has 1 aromatic rings. The van der Waals surface area contributed by atoms with E-state index >= 15 is 0 Å². The van der Waals surface area contributed by atoms with E-state index in [0.717, 1.165) is 0 Å². The molecule has 0 aromatic heterocycles. The summed E-state index contributed by atoms with van der Waals surface area (Å²) in [7, 11) is -2.60. The Morgan fingerprint density at radius 1 is 1.28 bits per heavy atom. The highest BCUT2D eigenvalue weighted by atomic mass is 35.5. The number of nitrogens with zero attached hydrogens (tertiary/aromatic N) is 1. The summed E-state index contributed by atoms with van der Waals surface area (Å²) in [5.74, 6) is -1.29. The van der Waals surface area contributed by atoms with Crippen LogP contribution >= 0.6 is 11.6 Å². The average Bonchev–Trinajstić information content (AvgIpc) is 2.61. The van der Waals surface area contributed by atoms with Crippen LogP contribution in [0.5, 0.6) is 0 Å². The first kappa shape index (κ1) is 19.7. The molecular formula is C16H20ClNO6S. The predicted octanol–water partition coefficient (Wildman–Crippen LogP) is 2.09. The molecule has 9 heteroatoms. The standard InChI is InChI=1S/C16H20ClNO6S/c1-3-24-15(19)11-6-8-18(9-7-11)25(21,22)12-4-5-14(17)13(10-12)16(20)23-2/h4-5,10-11H,3,6-9H2,1-2H3. The van der Waals surface area contributed by atoms with Crippen LogP contribution in [0.2, 0.25) is 5.02 Å². The second-order valence-corrected chi connectivity index (χ2v) is 7.91. The van der Waals surface area contributed by atoms with Crippen molar-refractivity contribution >= 4 is 33.6 Å². The Bertz CT molecular complexity index is 756. The zero-order chi connectivity index (χ0) is 18.6. The third kappa shape index (κ3) is 4.31. The maximum Gasteiger partial charge on any atom is 0.339 e. The van der Waals surface area contributed by atoms with E-state index in [1.165, 1.54) is 29.6 Å². The largest absolute Gasteiger partial charge is 0.466 e. The topological polar surface area (TPSA) is 90.0 Å². The number of piperidine rings is 1. The molecular weight excluding hydrogens is 370 g/mol. The van der Waals surface area contributed by atoms with Gasteiger partial charge in [-0.25, -0.2) is 13.2 Å². The van der Waals surface area contributed by atoms with Crippen LogP contribution in [0, 0.1) is 5.92 Å². The van der Waals surface area contributed by atoms with Gasteiger partial charge < -0.3 is 9.47 Å². The monoisotopic (exact) mass is 389 g/mol. The summed E-state index contributed by atoms with van der Waals surface area (Å²) in [6, 6.07) is 3.91. The van der Waals surface area contributed by atoms with E-state index in [9.17, 15) is 18.0 Å². The summed E-state index contributed by atoms with van der Waals surface area (Å²) in [5.41, 5.74) is -0.00773. The van der Waals surface area contributed by atoms with Gasteiger partial charge in [-0.3, -0.25) is 4.79 Å². The lowest BCUT2D eigenvalue weighted by Crippen LogP contribution is -2.40. The molecule has 0 bridgehead atoms. The lowest BCUT2D eigenvalue weighted by Gasteiger charge is -2.30. The average molecular weight is 390 g/mol. The minimum atomic E-state index is -3.79. The van der Waals surface area contributed by atoms with E-state index in [1.807, 2.05) is 0 Å². The molecule has 25 heavy (non-hydrogen) atoms. The first-order valence-electron chi connectivity index (χ1n) is 7.86. The maximum absolute atomic E-state index is 12.8. The number of benzene rings is 1. The molecule has 1 saturated heterocycles. The second kappa shape index (κ2) is 8.16. The van der Waals surface area contributed by atoms with Gasteiger partial charge in [-0.15, -0.1) is 0 Å². The molecule has 0 amide bonds. The van der Waals surface area contributed by atoms with E-state index in [4.69, 9.17) is 16.3 Å². The zero-order valence-corrected chi connectivity index (χ0v) is 15.6. The molecule has 1 fully saturated rings. The van der Waals surface area contributed by atoms with Crippen molar-refractivity contribution in [3.63, 3.8) is 0 Å². The van der Waals surface area contributed by atoms with E-state index in [0.29, 0.717) is 19.4 Å². The van der Waals surface area contributed by atoms with Gasteiger partial charge in [-0.1, -0.05) is 11.6 Å². The van der Waals surface area contributed by atoms with Crippen LogP contribution in [0.15, 0.2) is 23.1 Å². The van der Waals surface area contributed by atoms with Gasteiger partial charge >= 0.3 is 11.9 Å². The first-order valence-corrected chi connectivity index (χ1v) is 9.67. The van der Waals surface area contributed by atoms with Crippen LogP contribution in [0.25, 0.3) is 0 Å². The quantitative estimate of drug-likeness (QED) is 0.716. The summed E-state index contributed by atoms with van der Waals surface area (Å²) >= 11 is 5.93. The molecule has 1 heterocycles. The minimum Gasteiger partial charge on any atom is -0.466 e. The van der Waals surface area contributed by atoms with Gasteiger partial charge in [0.25, 0.3) is 0 Å². The molecule has 0 radical (unpaired) electrons. The molecule has 0 unspecified atom stereocenters. The number of sulfonamides is 1. The minimum absolute atomic E-state index is 0.00773. The van der Waals surface area contributed by atoms with Crippen molar-refractivity contribution in [1.29, 1.82) is 0 Å². The van der Waals surface area contributed by atoms with Crippen LogP contribution in [0.3, 0.4) is 0 Å². The van der Waals surface area contributed by atoms with Crippen LogP contribution in [-0.2, 0) is 24.3 Å². The lowest BCUT2D eigenvalue weighted by molar-refractivity contribution is -0.149. The van der Waals surface area contributed by atoms with Gasteiger partial charge in [-0.05, 0) is 38.0 Å². The molecule has 0 N–H and O–H groups in total. The number of rotatable bonds is 5. The summed E-state index contributed by atoms with van der Waals surface area (Å²) in [6.45, 7) is 2.46. The fourth-order valence-corrected chi connectivity index (χ4v) is 4.36. The Kier molecular flexibility index (Phi) is 6.42. The van der Waals surface area contributed by atoms with Crippen molar-refractivity contribution in [3.05, 3.63) is 28.8 Å². The van der Waals surface area contributed by atoms with Crippen molar-refractivity contribution in [2.45, 2.75) is 24.7 Å². The number of esters is 2. The van der Waals surface area contributed by atoms with E-state index < -0.39 is 16.0 Å². The van der Waals surface area contributed by atoms with Gasteiger partial charge in [0, 0.05) is 13.1 Å². The van der Waals surface area contributed by atoms with Crippen LogP contribution in [0.1, 0.15) is 30.1 Å². The highest BCUT2D eigenvalue weighted by Gasteiger charge is 2.33. The smallest absolute Gasteiger partial charge is 0.339 e. The normalized spacial score (nSPS) is 16.4. The molecule has 1 aliphatic heterocycles. The van der Waals surface area contributed by atoms with E-state index in [2.05, 4.69) is 4.74 Å². The van der Waals surface area contributed by atoms with Crippen molar-refractivity contribution in [3.8, 4) is 0 Å². The molecule has 2 rings (SSSR count). The number of halogens is 1. The number of carbonyl (C=O) groups excluding carboxylic acids is 2. The Labute approximate surface area is 151 Å². The lowest BCUT2D eigenvalue weighted by atomic mass is 9.98. The van der Waals surface area contributed by atoms with Crippen LogP contribution in [0.4, 0.5) is 0 Å². The second-order valence-electron chi connectivity index (χ2n) is 5.56. The third-order valence-electron chi connectivity index (χ3n) is 4.05. The molecule has 0 spiro atoms. The van der Waals surface area contributed by atoms with Gasteiger partial charge in [-0.2, -0.15) is 4.31 Å². The molecule has 1 aromatic carbocycles. The summed E-state index contributed by atoms with van der Waals surface area (Å²) in [5, 5.41) is 0.117. The number of methoxy groups -OCH3 is 1. The van der Waals surface area contributed by atoms with Gasteiger partial charge in [0.1, 0.15) is 0 Å². The number of hydrogen-bond donors (Lipinski definition) is 0. The first-order chi connectivity index (χ1) is 11.8. The zero-order valence-electron chi connectivity index (χ0n) is 14.0. The van der Waals surface area contributed by atoms with Gasteiger partial charge in [0.2, 0.25) is 10.0 Å². The molecule has 0 atom stereocenters. The molecule has 0 aliphatic carbocycles. The van der Waals surface area contributed by atoms with Crippen molar-refractivity contribution in [2.24, 2.45) is 5.92 Å². The summed E-state index contributed by atoms with van der Waals surface area (Å²) < 4.78 is 36.4. The van der Waals surface area contributed by atoms with E-state index in [-0.39, 0.29) is 40.5 Å². The van der Waals surface area contributed by atoms with E-state index in [1.54, 1.807) is 6.92 Å². The van der Waals surface area contributed by atoms with Crippen molar-refractivity contribution in [2.75, 3.05) is 26.8 Å². The Hall–Kier alpha value is -1.64. The predicted molar refractivity (Wildman–Crippen MR) is 90.9 cm³/mol.